The van der Waals surface area contributed by atoms with Gasteiger partial charge in [0.2, 0.25) is 11.8 Å². The lowest BCUT2D eigenvalue weighted by molar-refractivity contribution is -0.139. The summed E-state index contributed by atoms with van der Waals surface area (Å²) in [6, 6.07) is 10.8. The van der Waals surface area contributed by atoms with Gasteiger partial charge >= 0.3 is 0 Å². The highest BCUT2D eigenvalue weighted by atomic mass is 16.5. The normalized spacial score (nSPS) is 13.5. The van der Waals surface area contributed by atoms with Gasteiger partial charge in [0.15, 0.2) is 11.5 Å². The second kappa shape index (κ2) is 7.74. The van der Waals surface area contributed by atoms with Gasteiger partial charge in [-0.15, -0.1) is 0 Å². The standard InChI is InChI=1S/C19H19N3O4/c1-24-16-5-3-13(7-17(16)25-2)8-19(23)22-11-15(12-22)26-18-6-4-14(9-20)10-21-18/h3-7,10,15H,8,11-12H2,1-2H3. The Labute approximate surface area is 151 Å². The Morgan fingerprint density at radius 3 is 2.62 bits per heavy atom. The molecule has 0 aliphatic carbocycles. The van der Waals surface area contributed by atoms with E-state index in [-0.39, 0.29) is 12.0 Å². The van der Waals surface area contributed by atoms with Crippen LogP contribution in [0.4, 0.5) is 0 Å². The summed E-state index contributed by atoms with van der Waals surface area (Å²) >= 11 is 0. The minimum Gasteiger partial charge on any atom is -0.493 e. The van der Waals surface area contributed by atoms with E-state index in [4.69, 9.17) is 19.5 Å². The quantitative estimate of drug-likeness (QED) is 0.787. The van der Waals surface area contributed by atoms with Crippen molar-refractivity contribution in [2.75, 3.05) is 27.3 Å². The van der Waals surface area contributed by atoms with Gasteiger partial charge in [0.1, 0.15) is 12.2 Å². The lowest BCUT2D eigenvalue weighted by Gasteiger charge is -2.38. The Balaban J connectivity index is 1.51. The van der Waals surface area contributed by atoms with Crippen molar-refractivity contribution >= 4 is 5.91 Å². The van der Waals surface area contributed by atoms with Crippen LogP contribution in [0.3, 0.4) is 0 Å². The molecule has 1 aromatic heterocycles. The van der Waals surface area contributed by atoms with E-state index in [1.165, 1.54) is 6.20 Å². The zero-order chi connectivity index (χ0) is 18.5. The van der Waals surface area contributed by atoms with Crippen LogP contribution in [-0.4, -0.2) is 49.2 Å². The first-order valence-corrected chi connectivity index (χ1v) is 8.14. The number of ether oxygens (including phenoxy) is 3. The Morgan fingerprint density at radius 1 is 1.23 bits per heavy atom. The van der Waals surface area contributed by atoms with Crippen LogP contribution in [0.15, 0.2) is 36.5 Å². The largest absolute Gasteiger partial charge is 0.493 e. The van der Waals surface area contributed by atoms with E-state index >= 15 is 0 Å². The highest BCUT2D eigenvalue weighted by Gasteiger charge is 2.32. The summed E-state index contributed by atoms with van der Waals surface area (Å²) in [4.78, 5) is 18.2. The van der Waals surface area contributed by atoms with Gasteiger partial charge in [-0.2, -0.15) is 5.26 Å². The minimum absolute atomic E-state index is 0.0323. The van der Waals surface area contributed by atoms with Crippen molar-refractivity contribution in [3.8, 4) is 23.4 Å². The molecule has 7 heteroatoms. The molecule has 2 heterocycles. The summed E-state index contributed by atoms with van der Waals surface area (Å²) in [5.74, 6) is 1.73. The van der Waals surface area contributed by atoms with E-state index in [2.05, 4.69) is 4.98 Å². The van der Waals surface area contributed by atoms with Gasteiger partial charge in [-0.25, -0.2) is 4.98 Å². The first kappa shape index (κ1) is 17.5. The maximum atomic E-state index is 12.4. The molecule has 0 bridgehead atoms. The highest BCUT2D eigenvalue weighted by molar-refractivity contribution is 5.80. The summed E-state index contributed by atoms with van der Waals surface area (Å²) in [6.07, 6.45) is 1.68. The van der Waals surface area contributed by atoms with Crippen LogP contribution in [-0.2, 0) is 11.2 Å². The molecule has 1 aliphatic rings. The molecule has 1 aromatic carbocycles. The van der Waals surface area contributed by atoms with Crippen molar-refractivity contribution in [1.29, 1.82) is 5.26 Å². The van der Waals surface area contributed by atoms with Crippen molar-refractivity contribution in [2.45, 2.75) is 12.5 Å². The third kappa shape index (κ3) is 3.86. The lowest BCUT2D eigenvalue weighted by atomic mass is 10.1. The molecule has 0 N–H and O–H groups in total. The van der Waals surface area contributed by atoms with E-state index in [0.29, 0.717) is 42.5 Å². The number of carbonyl (C=O) groups is 1. The number of likely N-dealkylation sites (tertiary alicyclic amines) is 1. The number of aromatic nitrogens is 1. The van der Waals surface area contributed by atoms with Crippen LogP contribution in [0.25, 0.3) is 0 Å². The van der Waals surface area contributed by atoms with Crippen molar-refractivity contribution in [1.82, 2.24) is 9.88 Å². The van der Waals surface area contributed by atoms with Crippen LogP contribution >= 0.6 is 0 Å². The molecule has 1 fully saturated rings. The number of hydrogen-bond acceptors (Lipinski definition) is 6. The van der Waals surface area contributed by atoms with Crippen LogP contribution < -0.4 is 14.2 Å². The summed E-state index contributed by atoms with van der Waals surface area (Å²) in [5.41, 5.74) is 1.35. The van der Waals surface area contributed by atoms with E-state index < -0.39 is 0 Å². The molecule has 0 radical (unpaired) electrons. The van der Waals surface area contributed by atoms with E-state index in [9.17, 15) is 4.79 Å². The molecule has 3 rings (SSSR count). The lowest BCUT2D eigenvalue weighted by Crippen LogP contribution is -2.56. The van der Waals surface area contributed by atoms with Gasteiger partial charge in [-0.05, 0) is 23.8 Å². The minimum atomic E-state index is -0.0789. The van der Waals surface area contributed by atoms with Crippen LogP contribution in [0.1, 0.15) is 11.1 Å². The van der Waals surface area contributed by atoms with Crippen molar-refractivity contribution < 1.29 is 19.0 Å². The predicted molar refractivity (Wildman–Crippen MR) is 93.2 cm³/mol. The molecule has 0 atom stereocenters. The Bertz CT molecular complexity index is 824. The van der Waals surface area contributed by atoms with Crippen LogP contribution in [0, 0.1) is 11.3 Å². The summed E-state index contributed by atoms with van der Waals surface area (Å²) < 4.78 is 16.2. The smallest absolute Gasteiger partial charge is 0.227 e. The number of rotatable bonds is 6. The number of carbonyl (C=O) groups excluding carboxylic acids is 1. The molecular weight excluding hydrogens is 334 g/mol. The number of nitrogens with zero attached hydrogens (tertiary/aromatic N) is 3. The third-order valence-electron chi connectivity index (χ3n) is 4.16. The maximum absolute atomic E-state index is 12.4. The van der Waals surface area contributed by atoms with Gasteiger partial charge in [-0.1, -0.05) is 6.07 Å². The van der Waals surface area contributed by atoms with E-state index in [1.807, 2.05) is 18.2 Å². The molecule has 0 unspecified atom stereocenters. The van der Waals surface area contributed by atoms with Gasteiger partial charge in [0, 0.05) is 12.3 Å². The zero-order valence-corrected chi connectivity index (χ0v) is 14.6. The zero-order valence-electron chi connectivity index (χ0n) is 14.6. The monoisotopic (exact) mass is 353 g/mol. The number of benzene rings is 1. The summed E-state index contributed by atoms with van der Waals surface area (Å²) in [7, 11) is 3.14. The Hall–Kier alpha value is -3.27. The Kier molecular flexibility index (Phi) is 5.23. The molecule has 0 spiro atoms. The molecule has 26 heavy (non-hydrogen) atoms. The maximum Gasteiger partial charge on any atom is 0.227 e. The van der Waals surface area contributed by atoms with Gasteiger partial charge < -0.3 is 19.1 Å². The van der Waals surface area contributed by atoms with E-state index in [1.54, 1.807) is 37.3 Å². The number of amides is 1. The molecule has 1 aliphatic heterocycles. The van der Waals surface area contributed by atoms with Gasteiger partial charge in [0.25, 0.3) is 0 Å². The fourth-order valence-corrected chi connectivity index (χ4v) is 2.68. The van der Waals surface area contributed by atoms with Crippen molar-refractivity contribution in [3.05, 3.63) is 47.7 Å². The van der Waals surface area contributed by atoms with Crippen molar-refractivity contribution in [2.24, 2.45) is 0 Å². The van der Waals surface area contributed by atoms with Crippen LogP contribution in [0.2, 0.25) is 0 Å². The molecule has 7 nitrogen and oxygen atoms in total. The molecule has 0 saturated carbocycles. The second-order valence-electron chi connectivity index (χ2n) is 5.90. The molecular formula is C19H19N3O4. The predicted octanol–water partition coefficient (Wildman–Crippen LogP) is 1.80. The topological polar surface area (TPSA) is 84.7 Å². The number of nitriles is 1. The second-order valence-corrected chi connectivity index (χ2v) is 5.90. The molecule has 1 saturated heterocycles. The summed E-state index contributed by atoms with van der Waals surface area (Å²) in [6.45, 7) is 1.04. The summed E-state index contributed by atoms with van der Waals surface area (Å²) in [5, 5.41) is 8.76. The third-order valence-corrected chi connectivity index (χ3v) is 4.16. The molecule has 1 amide bonds. The van der Waals surface area contributed by atoms with Crippen LogP contribution in [0.5, 0.6) is 17.4 Å². The average Bonchev–Trinajstić information content (AvgIpc) is 2.64. The van der Waals surface area contributed by atoms with Gasteiger partial charge in [-0.3, -0.25) is 4.79 Å². The first-order chi connectivity index (χ1) is 12.6. The SMILES string of the molecule is COc1ccc(CC(=O)N2CC(Oc3ccc(C#N)cn3)C2)cc1OC. The number of hydrogen-bond donors (Lipinski definition) is 0. The fraction of sp³-hybridized carbons (Fsp3) is 0.316. The average molecular weight is 353 g/mol. The fourth-order valence-electron chi connectivity index (χ4n) is 2.68. The molecule has 2 aromatic rings. The molecule has 134 valence electrons. The first-order valence-electron chi connectivity index (χ1n) is 8.14. The van der Waals surface area contributed by atoms with Gasteiger partial charge in [0.05, 0.1) is 39.3 Å². The Morgan fingerprint density at radius 2 is 2.00 bits per heavy atom. The van der Waals surface area contributed by atoms with E-state index in [0.717, 1.165) is 5.56 Å². The number of pyridine rings is 1. The van der Waals surface area contributed by atoms with Crippen molar-refractivity contribution in [3.63, 3.8) is 0 Å². The highest BCUT2D eigenvalue weighted by Crippen LogP contribution is 2.28. The number of methoxy groups -OCH3 is 2.